The number of hydrogen-bond acceptors (Lipinski definition) is 8. The van der Waals surface area contributed by atoms with Gasteiger partial charge in [0.25, 0.3) is 0 Å². The summed E-state index contributed by atoms with van der Waals surface area (Å²) in [7, 11) is 0. The molecule has 0 spiro atoms. The van der Waals surface area contributed by atoms with Crippen LogP contribution in [0.3, 0.4) is 0 Å². The Morgan fingerprint density at radius 3 is 0.983 bits per heavy atom. The first-order valence-corrected chi connectivity index (χ1v) is 39.6. The fourth-order valence-corrected chi connectivity index (χ4v) is 16.8. The van der Waals surface area contributed by atoms with Gasteiger partial charge < -0.3 is 18.0 Å². The summed E-state index contributed by atoms with van der Waals surface area (Å²) in [5, 5.41) is 9.23. The van der Waals surface area contributed by atoms with Gasteiger partial charge in [0, 0.05) is 87.8 Å². The third-order valence-corrected chi connectivity index (χ3v) is 22.5. The molecule has 0 bridgehead atoms. The Balaban J connectivity index is 0.000000143. The van der Waals surface area contributed by atoms with Gasteiger partial charge in [-0.3, -0.25) is 0 Å². The summed E-state index contributed by atoms with van der Waals surface area (Å²) in [6.45, 7) is 0. The van der Waals surface area contributed by atoms with Crippen LogP contribution in [0.4, 0.5) is 0 Å². The first-order valence-electron chi connectivity index (χ1n) is 39.6. The Morgan fingerprint density at radius 2 is 0.458 bits per heavy atom. The highest BCUT2D eigenvalue weighted by atomic mass is 16.3. The van der Waals surface area contributed by atoms with E-state index in [1.807, 2.05) is 84.9 Å². The van der Waals surface area contributed by atoms with Gasteiger partial charge in [-0.15, -0.1) is 0 Å². The van der Waals surface area contributed by atoms with Crippen LogP contribution >= 0.6 is 0 Å². The Labute approximate surface area is 678 Å². The molecule has 17 aromatic carbocycles. The van der Waals surface area contributed by atoms with Crippen molar-refractivity contribution in [2.75, 3.05) is 0 Å². The van der Waals surface area contributed by atoms with Crippen molar-refractivity contribution in [2.24, 2.45) is 0 Å². The van der Waals surface area contributed by atoms with E-state index in [1.165, 1.54) is 54.7 Å². The van der Waals surface area contributed by atoms with E-state index in [1.54, 1.807) is 0 Å². The Bertz CT molecular complexity index is 7750. The number of benzene rings is 17. The Morgan fingerprint density at radius 1 is 0.161 bits per heavy atom. The maximum absolute atomic E-state index is 6.30. The molecule has 23 rings (SSSR count). The van der Waals surface area contributed by atoms with Gasteiger partial charge >= 0.3 is 0 Å². The molecule has 0 atom stereocenters. The van der Waals surface area contributed by atoms with Crippen LogP contribution in [0.2, 0.25) is 0 Å². The second-order valence-electron chi connectivity index (χ2n) is 29.7. The number of hydrogen-bond donors (Lipinski definition) is 0. The van der Waals surface area contributed by atoms with Crippen LogP contribution in [0.15, 0.2) is 421 Å². The monoisotopic (exact) mass is 1510 g/mol. The van der Waals surface area contributed by atoms with Crippen LogP contribution < -0.4 is 0 Å². The lowest BCUT2D eigenvalue weighted by molar-refractivity contribution is 0.668. The number of fused-ring (bicyclic) bond motifs is 12. The van der Waals surface area contributed by atoms with Crippen molar-refractivity contribution in [1.82, 2.24) is 39.0 Å². The minimum atomic E-state index is 0.577. The number of aromatic nitrogens is 8. The maximum atomic E-state index is 6.30. The molecule has 0 aliphatic rings. The van der Waals surface area contributed by atoms with Gasteiger partial charge in [0.05, 0.1) is 22.1 Å². The van der Waals surface area contributed by atoms with Crippen molar-refractivity contribution in [2.45, 2.75) is 0 Å². The van der Waals surface area contributed by atoms with E-state index in [0.717, 1.165) is 133 Å². The Hall–Kier alpha value is -16.0. The highest BCUT2D eigenvalue weighted by Crippen LogP contribution is 2.43. The van der Waals surface area contributed by atoms with Crippen LogP contribution in [0.25, 0.3) is 223 Å². The molecule has 6 heterocycles. The molecule has 0 radical (unpaired) electrons. The average Bonchev–Trinajstić information content (AvgIpc) is 1.59. The summed E-state index contributed by atoms with van der Waals surface area (Å²) >= 11 is 0. The normalized spacial score (nSPS) is 11.6. The van der Waals surface area contributed by atoms with Gasteiger partial charge in [-0.25, -0.2) is 29.9 Å². The van der Waals surface area contributed by atoms with Crippen molar-refractivity contribution in [3.8, 4) is 135 Å². The summed E-state index contributed by atoms with van der Waals surface area (Å²) in [4.78, 5) is 30.6. The average molecular weight is 1510 g/mol. The zero-order chi connectivity index (χ0) is 78.0. The summed E-state index contributed by atoms with van der Waals surface area (Å²) in [6, 6.07) is 144. The second kappa shape index (κ2) is 29.2. The first-order chi connectivity index (χ1) is 58.4. The van der Waals surface area contributed by atoms with Gasteiger partial charge in [-0.1, -0.05) is 309 Å². The SMILES string of the molecule is c1ccc(-c2cc(-c3cccc(-c4nc(-c5ccccc5)nc(-c5ccc6c(c5)oc5ccccc56)n4)c3)cc(-n3c4ccccc4c4ccccc43)c2)cc1.c1ccc(-c2ccc(-c3nc(-c4cccc(-c5cccc(-n6c7ccccc7c7c(-c8ccccc8)cccc76)c5)c4)nc(-c4ccc5c(c4)oc4ccccc45)n3)cc2)cc1. The van der Waals surface area contributed by atoms with Crippen molar-refractivity contribution in [3.63, 3.8) is 0 Å². The lowest BCUT2D eigenvalue weighted by Gasteiger charge is -2.15. The molecule has 0 N–H and O–H groups in total. The topological polar surface area (TPSA) is 113 Å². The minimum Gasteiger partial charge on any atom is -0.456 e. The van der Waals surface area contributed by atoms with Crippen molar-refractivity contribution >= 4 is 87.5 Å². The largest absolute Gasteiger partial charge is 0.456 e. The molecule has 10 heteroatoms. The van der Waals surface area contributed by atoms with Gasteiger partial charge in [0.2, 0.25) is 0 Å². The molecular formula is C108H68N8O2. The summed E-state index contributed by atoms with van der Waals surface area (Å²) in [6.07, 6.45) is 0. The van der Waals surface area contributed by atoms with E-state index in [0.29, 0.717) is 34.9 Å². The predicted octanol–water partition coefficient (Wildman–Crippen LogP) is 28.1. The lowest BCUT2D eigenvalue weighted by atomic mass is 9.96. The smallest absolute Gasteiger partial charge is 0.164 e. The van der Waals surface area contributed by atoms with Crippen LogP contribution in [-0.4, -0.2) is 39.0 Å². The molecule has 0 saturated heterocycles. The highest BCUT2D eigenvalue weighted by Gasteiger charge is 2.22. The van der Waals surface area contributed by atoms with E-state index in [-0.39, 0.29) is 0 Å². The van der Waals surface area contributed by atoms with Crippen LogP contribution in [-0.2, 0) is 0 Å². The maximum Gasteiger partial charge on any atom is 0.164 e. The van der Waals surface area contributed by atoms with Crippen molar-refractivity contribution in [1.29, 1.82) is 0 Å². The molecule has 6 aromatic heterocycles. The summed E-state index contributed by atoms with van der Waals surface area (Å²) in [5.74, 6) is 3.57. The molecule has 23 aromatic rings. The van der Waals surface area contributed by atoms with Gasteiger partial charge in [-0.05, 0) is 159 Å². The predicted molar refractivity (Wildman–Crippen MR) is 483 cm³/mol. The molecule has 0 amide bonds. The molecule has 0 aliphatic heterocycles. The van der Waals surface area contributed by atoms with Gasteiger partial charge in [0.15, 0.2) is 34.9 Å². The third-order valence-electron chi connectivity index (χ3n) is 22.5. The molecule has 0 unspecified atom stereocenters. The quantitative estimate of drug-likeness (QED) is 0.112. The second-order valence-corrected chi connectivity index (χ2v) is 29.7. The highest BCUT2D eigenvalue weighted by molar-refractivity contribution is 6.16. The molecule has 118 heavy (non-hydrogen) atoms. The number of rotatable bonds is 13. The van der Waals surface area contributed by atoms with E-state index in [9.17, 15) is 0 Å². The number of para-hydroxylation sites is 5. The van der Waals surface area contributed by atoms with Gasteiger partial charge in [-0.2, -0.15) is 0 Å². The summed E-state index contributed by atoms with van der Waals surface area (Å²) < 4.78 is 17.3. The van der Waals surface area contributed by atoms with Crippen LogP contribution in [0, 0.1) is 0 Å². The molecule has 10 nitrogen and oxygen atoms in total. The fraction of sp³-hybridized carbons (Fsp3) is 0. The van der Waals surface area contributed by atoms with E-state index >= 15 is 0 Å². The van der Waals surface area contributed by atoms with Crippen LogP contribution in [0.1, 0.15) is 0 Å². The van der Waals surface area contributed by atoms with E-state index in [4.69, 9.17) is 38.7 Å². The number of furan rings is 2. The third kappa shape index (κ3) is 12.6. The molecule has 0 aliphatic carbocycles. The molecule has 0 fully saturated rings. The minimum absolute atomic E-state index is 0.577. The molecule has 0 saturated carbocycles. The summed E-state index contributed by atoms with van der Waals surface area (Å²) in [5.41, 5.74) is 26.8. The van der Waals surface area contributed by atoms with Gasteiger partial charge in [0.1, 0.15) is 22.3 Å². The van der Waals surface area contributed by atoms with Crippen LogP contribution in [0.5, 0.6) is 0 Å². The lowest BCUT2D eigenvalue weighted by Crippen LogP contribution is -2.00. The van der Waals surface area contributed by atoms with E-state index in [2.05, 4.69) is 337 Å². The van der Waals surface area contributed by atoms with Crippen molar-refractivity contribution in [3.05, 3.63) is 413 Å². The number of nitrogens with zero attached hydrogens (tertiary/aromatic N) is 8. The van der Waals surface area contributed by atoms with E-state index < -0.39 is 0 Å². The zero-order valence-corrected chi connectivity index (χ0v) is 63.7. The first kappa shape index (κ1) is 68.7. The Kier molecular flexibility index (Phi) is 17.0. The fourth-order valence-electron chi connectivity index (χ4n) is 16.8. The van der Waals surface area contributed by atoms with Crippen molar-refractivity contribution < 1.29 is 8.83 Å². The molecular weight excluding hydrogens is 1440 g/mol. The molecule has 552 valence electrons. The zero-order valence-electron chi connectivity index (χ0n) is 63.7. The standard InChI is InChI=1S/C57H36N4O.C51H32N4O/c1-3-14-37(15-4-1)38-28-30-40(31-29-38)55-58-56(60-57(59-55)44-32-33-48-47-22-8-10-27-52(47)62-53(48)36-44)43-20-11-18-41(34-43)42-19-12-21-45(35-42)61-50-25-9-7-23-49(50)54-46(24-13-26-51(54)61)39-16-5-2-6-17-39;1-3-14-33(15-4-1)38-29-39(31-40(30-38)55-45-23-10-7-20-41(45)42-21-8-11-24-46(42)55)35-18-13-19-36(28-35)50-52-49(34-16-5-2-6-17-34)53-51(54-50)37-26-27-44-43-22-9-12-25-47(43)56-48(44)32-37/h1-36H;1-32H.